The third-order valence-corrected chi connectivity index (χ3v) is 4.59. The first-order valence-corrected chi connectivity index (χ1v) is 8.63. The second-order valence-corrected chi connectivity index (χ2v) is 6.40. The van der Waals surface area contributed by atoms with Crippen molar-refractivity contribution < 1.29 is 9.21 Å². The lowest BCUT2D eigenvalue weighted by atomic mass is 10.2. The maximum absolute atomic E-state index is 12.3. The summed E-state index contributed by atoms with van der Waals surface area (Å²) in [5.41, 5.74) is 0.927. The molecular formula is C19H10ClN3O2S. The van der Waals surface area contributed by atoms with Gasteiger partial charge in [-0.1, -0.05) is 23.7 Å². The lowest BCUT2D eigenvalue weighted by Crippen LogP contribution is -2.13. The molecule has 0 saturated carbocycles. The highest BCUT2D eigenvalue weighted by Crippen LogP contribution is 2.30. The summed E-state index contributed by atoms with van der Waals surface area (Å²) in [7, 11) is 0. The van der Waals surface area contributed by atoms with Crippen molar-refractivity contribution >= 4 is 39.9 Å². The molecule has 7 heteroatoms. The lowest BCUT2D eigenvalue weighted by molar-refractivity contribution is -0.112. The number of nitrogens with zero attached hydrogens (tertiary/aromatic N) is 2. The van der Waals surface area contributed by atoms with E-state index < -0.39 is 5.91 Å². The van der Waals surface area contributed by atoms with Crippen LogP contribution >= 0.6 is 22.9 Å². The van der Waals surface area contributed by atoms with Crippen molar-refractivity contribution in [1.29, 1.82) is 10.5 Å². The van der Waals surface area contributed by atoms with Gasteiger partial charge in [0.05, 0.1) is 10.6 Å². The number of hydrogen-bond donors (Lipinski definition) is 1. The van der Waals surface area contributed by atoms with Crippen LogP contribution < -0.4 is 5.32 Å². The summed E-state index contributed by atoms with van der Waals surface area (Å²) in [6, 6.07) is 16.0. The van der Waals surface area contributed by atoms with E-state index in [4.69, 9.17) is 21.3 Å². The highest BCUT2D eigenvalue weighted by atomic mass is 35.5. The Bertz CT molecular complexity index is 1080. The fourth-order valence-corrected chi connectivity index (χ4v) is 3.15. The number of rotatable bonds is 4. The number of anilines is 1. The number of benzene rings is 1. The van der Waals surface area contributed by atoms with Gasteiger partial charge < -0.3 is 9.73 Å². The molecule has 126 valence electrons. The van der Waals surface area contributed by atoms with Crippen molar-refractivity contribution in [2.75, 3.05) is 5.32 Å². The van der Waals surface area contributed by atoms with Crippen LogP contribution in [0.15, 0.2) is 57.8 Å². The van der Waals surface area contributed by atoms with E-state index in [-0.39, 0.29) is 5.57 Å². The fourth-order valence-electron chi connectivity index (χ4n) is 2.19. The lowest BCUT2D eigenvalue weighted by Gasteiger charge is -2.01. The minimum Gasteiger partial charge on any atom is -0.457 e. The van der Waals surface area contributed by atoms with Gasteiger partial charge >= 0.3 is 0 Å². The van der Waals surface area contributed by atoms with E-state index >= 15 is 0 Å². The number of nitrogens with one attached hydrogen (secondary N) is 1. The van der Waals surface area contributed by atoms with Gasteiger partial charge in [-0.15, -0.1) is 11.3 Å². The molecule has 0 aliphatic heterocycles. The Morgan fingerprint density at radius 1 is 1.19 bits per heavy atom. The van der Waals surface area contributed by atoms with Gasteiger partial charge in [-0.2, -0.15) is 10.5 Å². The van der Waals surface area contributed by atoms with Gasteiger partial charge in [0.15, 0.2) is 0 Å². The second-order valence-electron chi connectivity index (χ2n) is 5.08. The molecular weight excluding hydrogens is 370 g/mol. The van der Waals surface area contributed by atoms with E-state index in [1.165, 1.54) is 17.4 Å². The van der Waals surface area contributed by atoms with Crippen molar-refractivity contribution in [3.8, 4) is 23.5 Å². The molecule has 3 rings (SSSR count). The van der Waals surface area contributed by atoms with Gasteiger partial charge in [0, 0.05) is 11.6 Å². The van der Waals surface area contributed by atoms with Crippen molar-refractivity contribution in [3.63, 3.8) is 0 Å². The molecule has 0 spiro atoms. The Morgan fingerprint density at radius 2 is 2.00 bits per heavy atom. The highest BCUT2D eigenvalue weighted by molar-refractivity contribution is 7.14. The minimum atomic E-state index is -0.609. The van der Waals surface area contributed by atoms with Gasteiger partial charge in [-0.25, -0.2) is 0 Å². The largest absolute Gasteiger partial charge is 0.457 e. The number of carbonyl (C=O) groups is 1. The molecule has 2 aromatic heterocycles. The first-order chi connectivity index (χ1) is 12.6. The van der Waals surface area contributed by atoms with Gasteiger partial charge in [-0.05, 0) is 35.7 Å². The molecule has 0 saturated heterocycles. The summed E-state index contributed by atoms with van der Waals surface area (Å²) >= 11 is 7.35. The molecule has 26 heavy (non-hydrogen) atoms. The number of furan rings is 1. The third-order valence-electron chi connectivity index (χ3n) is 3.43. The van der Waals surface area contributed by atoms with Crippen LogP contribution in [-0.4, -0.2) is 5.91 Å². The fraction of sp³-hybridized carbons (Fsp3) is 0. The van der Waals surface area contributed by atoms with Gasteiger partial charge in [0.25, 0.3) is 5.91 Å². The van der Waals surface area contributed by atoms with Crippen LogP contribution in [0.1, 0.15) is 11.3 Å². The predicted octanol–water partition coefficient (Wildman–Crippen LogP) is 5.08. The zero-order valence-corrected chi connectivity index (χ0v) is 14.8. The number of amides is 1. The maximum Gasteiger partial charge on any atom is 0.267 e. The molecule has 1 N–H and O–H groups in total. The summed E-state index contributed by atoms with van der Waals surface area (Å²) in [4.78, 5) is 12.3. The molecule has 0 fully saturated rings. The van der Waals surface area contributed by atoms with Crippen molar-refractivity contribution in [1.82, 2.24) is 0 Å². The van der Waals surface area contributed by atoms with Crippen LogP contribution in [0.3, 0.4) is 0 Å². The van der Waals surface area contributed by atoms with E-state index in [1.54, 1.807) is 29.6 Å². The summed E-state index contributed by atoms with van der Waals surface area (Å²) in [5, 5.41) is 23.4. The van der Waals surface area contributed by atoms with E-state index in [9.17, 15) is 10.1 Å². The summed E-state index contributed by atoms with van der Waals surface area (Å²) in [6.07, 6.45) is 1.34. The zero-order valence-electron chi connectivity index (χ0n) is 13.2. The predicted molar refractivity (Wildman–Crippen MR) is 100 cm³/mol. The zero-order chi connectivity index (χ0) is 18.5. The van der Waals surface area contributed by atoms with Crippen LogP contribution in [0.2, 0.25) is 5.02 Å². The van der Waals surface area contributed by atoms with Crippen LogP contribution in [0.5, 0.6) is 0 Å². The van der Waals surface area contributed by atoms with E-state index in [0.29, 0.717) is 32.7 Å². The van der Waals surface area contributed by atoms with Gasteiger partial charge in [0.2, 0.25) is 0 Å². The minimum absolute atomic E-state index is 0.137. The highest BCUT2D eigenvalue weighted by Gasteiger charge is 2.14. The standard InChI is InChI=1S/C19H10ClN3O2S/c20-16-4-2-1-3-15(16)17-6-5-14(25-17)9-13(11-22)18(24)23-19-12(10-21)7-8-26-19/h1-9H,(H,23,24). The molecule has 1 amide bonds. The smallest absolute Gasteiger partial charge is 0.267 e. The summed E-state index contributed by atoms with van der Waals surface area (Å²) in [6.45, 7) is 0. The molecule has 1 aromatic carbocycles. The van der Waals surface area contributed by atoms with E-state index in [0.717, 1.165) is 0 Å². The third kappa shape index (κ3) is 3.68. The number of hydrogen-bond acceptors (Lipinski definition) is 5. The Kier molecular flexibility index (Phi) is 5.19. The summed E-state index contributed by atoms with van der Waals surface area (Å²) < 4.78 is 5.67. The molecule has 3 aromatic rings. The number of halogens is 1. The average molecular weight is 380 g/mol. The van der Waals surface area contributed by atoms with Gasteiger partial charge in [0.1, 0.15) is 34.2 Å². The second kappa shape index (κ2) is 7.71. The topological polar surface area (TPSA) is 89.8 Å². The Hall–Kier alpha value is -3.32. The number of carbonyl (C=O) groups excluding carboxylic acids is 1. The van der Waals surface area contributed by atoms with Crippen LogP contribution in [-0.2, 0) is 4.79 Å². The number of thiophene rings is 1. The Balaban J connectivity index is 1.84. The molecule has 0 aliphatic rings. The maximum atomic E-state index is 12.3. The molecule has 0 radical (unpaired) electrons. The van der Waals surface area contributed by atoms with E-state index in [2.05, 4.69) is 5.32 Å². The quantitative estimate of drug-likeness (QED) is 0.505. The normalized spacial score (nSPS) is 10.8. The molecule has 0 atom stereocenters. The first-order valence-electron chi connectivity index (χ1n) is 7.38. The molecule has 0 unspecified atom stereocenters. The van der Waals surface area contributed by atoms with Crippen molar-refractivity contribution in [3.05, 3.63) is 69.8 Å². The summed E-state index contributed by atoms with van der Waals surface area (Å²) in [5.74, 6) is 0.269. The van der Waals surface area contributed by atoms with Crippen molar-refractivity contribution in [2.45, 2.75) is 0 Å². The molecule has 2 heterocycles. The van der Waals surface area contributed by atoms with Crippen LogP contribution in [0, 0.1) is 22.7 Å². The van der Waals surface area contributed by atoms with Gasteiger partial charge in [-0.3, -0.25) is 4.79 Å². The van der Waals surface area contributed by atoms with Crippen LogP contribution in [0.25, 0.3) is 17.4 Å². The molecule has 0 bridgehead atoms. The average Bonchev–Trinajstić information content (AvgIpc) is 3.29. The Labute approximate surface area is 158 Å². The molecule has 0 aliphatic carbocycles. The van der Waals surface area contributed by atoms with Crippen molar-refractivity contribution in [2.24, 2.45) is 0 Å². The Morgan fingerprint density at radius 3 is 2.73 bits per heavy atom. The monoisotopic (exact) mass is 379 g/mol. The van der Waals surface area contributed by atoms with E-state index in [1.807, 2.05) is 30.3 Å². The molecule has 5 nitrogen and oxygen atoms in total. The SMILES string of the molecule is N#CC(=Cc1ccc(-c2ccccc2Cl)o1)C(=O)Nc1sccc1C#N. The first kappa shape index (κ1) is 17.5. The number of nitriles is 2. The van der Waals surface area contributed by atoms with Crippen LogP contribution in [0.4, 0.5) is 5.00 Å².